The molecule has 0 spiro atoms. The summed E-state index contributed by atoms with van der Waals surface area (Å²) in [4.78, 5) is 4.72. The predicted molar refractivity (Wildman–Crippen MR) is 36.9 cm³/mol. The quantitative estimate of drug-likeness (QED) is 0.590. The van der Waals surface area contributed by atoms with Crippen LogP contribution in [0.15, 0.2) is 12.4 Å². The third-order valence-electron chi connectivity index (χ3n) is 1.49. The van der Waals surface area contributed by atoms with Gasteiger partial charge in [-0.2, -0.15) is 5.10 Å². The van der Waals surface area contributed by atoms with Gasteiger partial charge in [-0.1, -0.05) is 0 Å². The summed E-state index contributed by atoms with van der Waals surface area (Å²) in [7, 11) is 0. The fourth-order valence-electron chi connectivity index (χ4n) is 0.648. The van der Waals surface area contributed by atoms with Crippen molar-refractivity contribution in [2.75, 3.05) is 0 Å². The third kappa shape index (κ3) is 1.17. The highest BCUT2D eigenvalue weighted by Crippen LogP contribution is 2.20. The number of nitrogens with two attached hydrogens (primary N) is 1. The molecule has 0 fully saturated rings. The Hall–Kier alpha value is -0.870. The van der Waals surface area contributed by atoms with Gasteiger partial charge in [0.15, 0.2) is 0 Å². The molecule has 0 atom stereocenters. The topological polar surface area (TPSA) is 63.9 Å². The van der Waals surface area contributed by atoms with E-state index in [2.05, 4.69) is 10.2 Å². The maximum absolute atomic E-state index is 5.06. The molecule has 1 aromatic rings. The molecule has 0 bridgehead atoms. The lowest BCUT2D eigenvalue weighted by Crippen LogP contribution is -2.24. The predicted octanol–water partition coefficient (Wildman–Crippen LogP) is 0.535. The Balaban J connectivity index is 2.85. The van der Waals surface area contributed by atoms with Crippen LogP contribution in [0, 0.1) is 0 Å². The first kappa shape index (κ1) is 7.24. The summed E-state index contributed by atoms with van der Waals surface area (Å²) in [6.45, 7) is 3.75. The van der Waals surface area contributed by atoms with E-state index >= 15 is 0 Å². The van der Waals surface area contributed by atoms with E-state index in [4.69, 9.17) is 10.7 Å². The molecule has 0 aromatic carbocycles. The van der Waals surface area contributed by atoms with Gasteiger partial charge in [-0.15, -0.1) is 0 Å². The monoisotopic (exact) mass is 141 g/mol. The third-order valence-corrected chi connectivity index (χ3v) is 1.49. The summed E-state index contributed by atoms with van der Waals surface area (Å²) >= 11 is 0. The summed E-state index contributed by atoms with van der Waals surface area (Å²) in [6.07, 6.45) is 3.44. The van der Waals surface area contributed by atoms with Gasteiger partial charge < -0.3 is 0 Å². The van der Waals surface area contributed by atoms with Crippen molar-refractivity contribution in [3.8, 4) is 0 Å². The Kier molecular flexibility index (Phi) is 1.74. The van der Waals surface area contributed by atoms with E-state index in [0.29, 0.717) is 0 Å². The Morgan fingerprint density at radius 3 is 2.80 bits per heavy atom. The average Bonchev–Trinajstić information content (AvgIpc) is 2.38. The molecular formula is C6H11N3O. The first-order valence-corrected chi connectivity index (χ1v) is 3.04. The molecule has 10 heavy (non-hydrogen) atoms. The second-order valence-electron chi connectivity index (χ2n) is 2.62. The second-order valence-corrected chi connectivity index (χ2v) is 2.62. The van der Waals surface area contributed by atoms with Crippen LogP contribution in [0.2, 0.25) is 0 Å². The Bertz CT molecular complexity index is 193. The van der Waals surface area contributed by atoms with Gasteiger partial charge in [-0.05, 0) is 13.8 Å². The van der Waals surface area contributed by atoms with Crippen LogP contribution in [-0.4, -0.2) is 10.2 Å². The maximum atomic E-state index is 5.06. The van der Waals surface area contributed by atoms with Crippen molar-refractivity contribution in [2.45, 2.75) is 19.4 Å². The molecular weight excluding hydrogens is 130 g/mol. The van der Waals surface area contributed by atoms with Crippen LogP contribution in [0.5, 0.6) is 0 Å². The summed E-state index contributed by atoms with van der Waals surface area (Å²) in [5.41, 5.74) is 0.488. The van der Waals surface area contributed by atoms with Crippen molar-refractivity contribution >= 4 is 0 Å². The molecule has 0 unspecified atom stereocenters. The highest BCUT2D eigenvalue weighted by molar-refractivity contribution is 5.11. The van der Waals surface area contributed by atoms with Crippen molar-refractivity contribution in [2.24, 2.45) is 5.90 Å². The molecule has 3 N–H and O–H groups in total. The van der Waals surface area contributed by atoms with Crippen LogP contribution in [0.4, 0.5) is 0 Å². The van der Waals surface area contributed by atoms with Crippen LogP contribution in [0.3, 0.4) is 0 Å². The molecule has 1 rings (SSSR count). The molecule has 0 aliphatic rings. The van der Waals surface area contributed by atoms with Crippen LogP contribution in [-0.2, 0) is 10.4 Å². The zero-order valence-corrected chi connectivity index (χ0v) is 6.09. The minimum Gasteiger partial charge on any atom is -0.294 e. The number of hydrogen-bond acceptors (Lipinski definition) is 3. The molecule has 0 amide bonds. The van der Waals surface area contributed by atoms with Gasteiger partial charge in [0, 0.05) is 11.8 Å². The van der Waals surface area contributed by atoms with E-state index < -0.39 is 5.60 Å². The van der Waals surface area contributed by atoms with E-state index in [-0.39, 0.29) is 0 Å². The lowest BCUT2D eigenvalue weighted by molar-refractivity contribution is -0.0236. The molecule has 56 valence electrons. The summed E-state index contributed by atoms with van der Waals surface area (Å²) < 4.78 is 0. The van der Waals surface area contributed by atoms with Crippen molar-refractivity contribution in [1.82, 2.24) is 10.2 Å². The molecule has 0 aliphatic heterocycles. The van der Waals surface area contributed by atoms with E-state index in [0.717, 1.165) is 5.56 Å². The Labute approximate surface area is 59.3 Å². The zero-order valence-electron chi connectivity index (χ0n) is 6.09. The van der Waals surface area contributed by atoms with Crippen LogP contribution in [0.1, 0.15) is 19.4 Å². The van der Waals surface area contributed by atoms with Crippen molar-refractivity contribution in [1.29, 1.82) is 0 Å². The van der Waals surface area contributed by atoms with E-state index in [1.54, 1.807) is 12.4 Å². The first-order valence-electron chi connectivity index (χ1n) is 3.04. The minimum absolute atomic E-state index is 0.451. The number of hydrogen-bond donors (Lipinski definition) is 2. The Morgan fingerprint density at radius 2 is 2.40 bits per heavy atom. The highest BCUT2D eigenvalue weighted by Gasteiger charge is 2.20. The van der Waals surface area contributed by atoms with Crippen LogP contribution in [0.25, 0.3) is 0 Å². The maximum Gasteiger partial charge on any atom is 0.112 e. The molecule has 1 heterocycles. The van der Waals surface area contributed by atoms with E-state index in [1.165, 1.54) is 0 Å². The van der Waals surface area contributed by atoms with E-state index in [1.807, 2.05) is 13.8 Å². The van der Waals surface area contributed by atoms with E-state index in [9.17, 15) is 0 Å². The normalized spacial score (nSPS) is 11.9. The van der Waals surface area contributed by atoms with Gasteiger partial charge >= 0.3 is 0 Å². The van der Waals surface area contributed by atoms with Crippen molar-refractivity contribution < 1.29 is 4.84 Å². The second kappa shape index (κ2) is 2.40. The van der Waals surface area contributed by atoms with Gasteiger partial charge in [0.2, 0.25) is 0 Å². The Morgan fingerprint density at radius 1 is 1.70 bits per heavy atom. The SMILES string of the molecule is CC(C)(ON)c1cn[nH]c1. The van der Waals surface area contributed by atoms with Crippen LogP contribution < -0.4 is 5.90 Å². The van der Waals surface area contributed by atoms with Gasteiger partial charge in [0.05, 0.1) is 6.20 Å². The summed E-state index contributed by atoms with van der Waals surface area (Å²) in [5, 5.41) is 6.46. The van der Waals surface area contributed by atoms with Crippen molar-refractivity contribution in [3.63, 3.8) is 0 Å². The number of rotatable bonds is 2. The smallest absolute Gasteiger partial charge is 0.112 e. The lowest BCUT2D eigenvalue weighted by Gasteiger charge is -2.19. The van der Waals surface area contributed by atoms with Gasteiger partial charge in [0.1, 0.15) is 5.60 Å². The molecule has 0 aliphatic carbocycles. The van der Waals surface area contributed by atoms with Crippen molar-refractivity contribution in [3.05, 3.63) is 18.0 Å². The molecule has 0 saturated carbocycles. The molecule has 4 heteroatoms. The molecule has 1 aromatic heterocycles. The number of H-pyrrole nitrogens is 1. The fraction of sp³-hybridized carbons (Fsp3) is 0.500. The highest BCUT2D eigenvalue weighted by atomic mass is 16.6. The van der Waals surface area contributed by atoms with Gasteiger partial charge in [0.25, 0.3) is 0 Å². The number of aromatic nitrogens is 2. The number of nitrogens with zero attached hydrogens (tertiary/aromatic N) is 1. The fourth-order valence-corrected chi connectivity index (χ4v) is 0.648. The van der Waals surface area contributed by atoms with Gasteiger partial charge in [-0.25, -0.2) is 5.90 Å². The molecule has 0 radical (unpaired) electrons. The standard InChI is InChI=1S/C6H11N3O/c1-6(2,10-7)5-3-8-9-4-5/h3-4H,7H2,1-2H3,(H,8,9). The van der Waals surface area contributed by atoms with Crippen LogP contribution >= 0.6 is 0 Å². The average molecular weight is 141 g/mol. The van der Waals surface area contributed by atoms with Gasteiger partial charge in [-0.3, -0.25) is 9.94 Å². The summed E-state index contributed by atoms with van der Waals surface area (Å²) in [5.74, 6) is 5.06. The lowest BCUT2D eigenvalue weighted by atomic mass is 10.0. The number of nitrogens with one attached hydrogen (secondary N) is 1. The minimum atomic E-state index is -0.451. The summed E-state index contributed by atoms with van der Waals surface area (Å²) in [6, 6.07) is 0. The largest absolute Gasteiger partial charge is 0.294 e. The molecule has 4 nitrogen and oxygen atoms in total. The first-order chi connectivity index (χ1) is 4.67. The molecule has 0 saturated heterocycles. The number of aromatic amines is 1. The zero-order chi connectivity index (χ0) is 7.61.